The summed E-state index contributed by atoms with van der Waals surface area (Å²) in [5.74, 6) is 1.37. The zero-order valence-electron chi connectivity index (χ0n) is 8.21. The molecule has 0 aromatic heterocycles. The van der Waals surface area contributed by atoms with E-state index in [0.717, 1.165) is 6.61 Å². The largest absolute Gasteiger partial charge is 0.377 e. The van der Waals surface area contributed by atoms with E-state index >= 15 is 0 Å². The Labute approximate surface area is 74.8 Å². The Balaban J connectivity index is 2.14. The van der Waals surface area contributed by atoms with Gasteiger partial charge in [-0.25, -0.2) is 0 Å². The summed E-state index contributed by atoms with van der Waals surface area (Å²) in [4.78, 5) is 0. The summed E-state index contributed by atoms with van der Waals surface area (Å²) in [7, 11) is 0. The molecule has 1 saturated carbocycles. The Hall–Kier alpha value is -0.300. The summed E-state index contributed by atoms with van der Waals surface area (Å²) in [6, 6.07) is 0. The van der Waals surface area contributed by atoms with E-state index in [0.29, 0.717) is 23.4 Å². The van der Waals surface area contributed by atoms with Gasteiger partial charge in [0.15, 0.2) is 0 Å². The van der Waals surface area contributed by atoms with Crippen LogP contribution >= 0.6 is 0 Å². The predicted molar refractivity (Wildman–Crippen MR) is 49.9 cm³/mol. The first-order valence-electron chi connectivity index (χ1n) is 4.95. The minimum Gasteiger partial charge on any atom is -0.377 e. The molecule has 1 heteroatoms. The Bertz CT molecular complexity index is 205. The summed E-state index contributed by atoms with van der Waals surface area (Å²) in [5.41, 5.74) is 0.471. The molecule has 3 unspecified atom stereocenters. The Kier molecular flexibility index (Phi) is 1.80. The van der Waals surface area contributed by atoms with Crippen molar-refractivity contribution < 1.29 is 4.74 Å². The van der Waals surface area contributed by atoms with Gasteiger partial charge in [-0.05, 0) is 18.8 Å². The van der Waals surface area contributed by atoms with Crippen LogP contribution in [0.15, 0.2) is 12.2 Å². The van der Waals surface area contributed by atoms with E-state index in [1.165, 1.54) is 6.42 Å². The molecule has 0 heterocycles. The van der Waals surface area contributed by atoms with Gasteiger partial charge in [0.2, 0.25) is 0 Å². The molecule has 2 bridgehead atoms. The lowest BCUT2D eigenvalue weighted by molar-refractivity contribution is 0.0272. The standard InChI is InChI=1S/C11H18O/c1-4-12-10-8-5-6-9(10)11(2,3)7-8/h5-6,8-10H,4,7H2,1-3H3. The molecule has 12 heavy (non-hydrogen) atoms. The molecule has 0 amide bonds. The molecular weight excluding hydrogens is 148 g/mol. The smallest absolute Gasteiger partial charge is 0.0705 e. The van der Waals surface area contributed by atoms with Crippen molar-refractivity contribution >= 4 is 0 Å². The number of rotatable bonds is 2. The van der Waals surface area contributed by atoms with E-state index in [1.54, 1.807) is 0 Å². The fourth-order valence-electron chi connectivity index (χ4n) is 2.80. The molecular formula is C11H18O. The van der Waals surface area contributed by atoms with Crippen LogP contribution in [0, 0.1) is 17.3 Å². The van der Waals surface area contributed by atoms with Crippen molar-refractivity contribution in [3.63, 3.8) is 0 Å². The molecule has 2 aliphatic rings. The SMILES string of the molecule is CCOC1C2C=CC1C(C)(C)C2. The van der Waals surface area contributed by atoms with Crippen molar-refractivity contribution in [3.8, 4) is 0 Å². The van der Waals surface area contributed by atoms with Gasteiger partial charge in [0.25, 0.3) is 0 Å². The number of hydrogen-bond acceptors (Lipinski definition) is 1. The molecule has 2 aliphatic carbocycles. The van der Waals surface area contributed by atoms with E-state index in [2.05, 4.69) is 32.9 Å². The Morgan fingerprint density at radius 3 is 2.58 bits per heavy atom. The van der Waals surface area contributed by atoms with Crippen LogP contribution in [0.5, 0.6) is 0 Å². The maximum atomic E-state index is 5.76. The monoisotopic (exact) mass is 166 g/mol. The molecule has 0 aromatic carbocycles. The number of hydrogen-bond donors (Lipinski definition) is 0. The lowest BCUT2D eigenvalue weighted by atomic mass is 9.80. The summed E-state index contributed by atoms with van der Waals surface area (Å²) < 4.78 is 5.76. The Morgan fingerprint density at radius 1 is 1.42 bits per heavy atom. The topological polar surface area (TPSA) is 9.23 Å². The first-order valence-corrected chi connectivity index (χ1v) is 4.95. The molecule has 2 rings (SSSR count). The predicted octanol–water partition coefficient (Wildman–Crippen LogP) is 2.62. The average Bonchev–Trinajstić information content (AvgIpc) is 2.43. The van der Waals surface area contributed by atoms with Gasteiger partial charge in [-0.1, -0.05) is 26.0 Å². The number of ether oxygens (including phenoxy) is 1. The van der Waals surface area contributed by atoms with Crippen LogP contribution in [0.2, 0.25) is 0 Å². The third kappa shape index (κ3) is 1.03. The maximum absolute atomic E-state index is 5.76. The number of fused-ring (bicyclic) bond motifs is 2. The van der Waals surface area contributed by atoms with Gasteiger partial charge in [0.1, 0.15) is 0 Å². The fraction of sp³-hybridized carbons (Fsp3) is 0.818. The van der Waals surface area contributed by atoms with Gasteiger partial charge < -0.3 is 4.74 Å². The molecule has 0 radical (unpaired) electrons. The van der Waals surface area contributed by atoms with Crippen LogP contribution < -0.4 is 0 Å². The van der Waals surface area contributed by atoms with Gasteiger partial charge in [-0.2, -0.15) is 0 Å². The fourth-order valence-corrected chi connectivity index (χ4v) is 2.80. The first-order chi connectivity index (χ1) is 5.65. The summed E-state index contributed by atoms with van der Waals surface area (Å²) >= 11 is 0. The lowest BCUT2D eigenvalue weighted by Crippen LogP contribution is -2.24. The summed E-state index contributed by atoms with van der Waals surface area (Å²) in [6.45, 7) is 7.65. The minimum absolute atomic E-state index is 0.471. The maximum Gasteiger partial charge on any atom is 0.0705 e. The highest BCUT2D eigenvalue weighted by molar-refractivity contribution is 5.18. The third-order valence-corrected chi connectivity index (χ3v) is 3.36. The van der Waals surface area contributed by atoms with Crippen LogP contribution in [0.1, 0.15) is 27.2 Å². The van der Waals surface area contributed by atoms with Crippen molar-refractivity contribution in [1.29, 1.82) is 0 Å². The van der Waals surface area contributed by atoms with Crippen LogP contribution in [0.4, 0.5) is 0 Å². The van der Waals surface area contributed by atoms with E-state index in [4.69, 9.17) is 4.74 Å². The minimum atomic E-state index is 0.471. The highest BCUT2D eigenvalue weighted by Crippen LogP contribution is 2.52. The zero-order valence-corrected chi connectivity index (χ0v) is 8.21. The quantitative estimate of drug-likeness (QED) is 0.573. The average molecular weight is 166 g/mol. The summed E-state index contributed by atoms with van der Waals surface area (Å²) in [6.07, 6.45) is 6.49. The summed E-state index contributed by atoms with van der Waals surface area (Å²) in [5, 5.41) is 0. The third-order valence-electron chi connectivity index (χ3n) is 3.36. The second-order valence-electron chi connectivity index (χ2n) is 4.69. The van der Waals surface area contributed by atoms with Crippen molar-refractivity contribution in [2.45, 2.75) is 33.3 Å². The normalized spacial score (nSPS) is 42.4. The van der Waals surface area contributed by atoms with Crippen LogP contribution in [-0.2, 0) is 4.74 Å². The Morgan fingerprint density at radius 2 is 2.17 bits per heavy atom. The van der Waals surface area contributed by atoms with Gasteiger partial charge in [0.05, 0.1) is 6.10 Å². The molecule has 3 atom stereocenters. The van der Waals surface area contributed by atoms with Crippen LogP contribution in [-0.4, -0.2) is 12.7 Å². The molecule has 1 nitrogen and oxygen atoms in total. The van der Waals surface area contributed by atoms with E-state index < -0.39 is 0 Å². The molecule has 0 N–H and O–H groups in total. The van der Waals surface area contributed by atoms with Crippen molar-refractivity contribution in [2.24, 2.45) is 17.3 Å². The molecule has 0 saturated heterocycles. The first kappa shape index (κ1) is 8.31. The highest BCUT2D eigenvalue weighted by Gasteiger charge is 2.49. The second-order valence-corrected chi connectivity index (χ2v) is 4.69. The van der Waals surface area contributed by atoms with Crippen LogP contribution in [0.3, 0.4) is 0 Å². The van der Waals surface area contributed by atoms with Crippen LogP contribution in [0.25, 0.3) is 0 Å². The van der Waals surface area contributed by atoms with E-state index in [-0.39, 0.29) is 0 Å². The van der Waals surface area contributed by atoms with Crippen molar-refractivity contribution in [1.82, 2.24) is 0 Å². The van der Waals surface area contributed by atoms with E-state index in [1.807, 2.05) is 0 Å². The van der Waals surface area contributed by atoms with Gasteiger partial charge >= 0.3 is 0 Å². The molecule has 0 aromatic rings. The highest BCUT2D eigenvalue weighted by atomic mass is 16.5. The molecule has 68 valence electrons. The van der Waals surface area contributed by atoms with E-state index in [9.17, 15) is 0 Å². The second kappa shape index (κ2) is 2.59. The molecule has 1 fully saturated rings. The van der Waals surface area contributed by atoms with Gasteiger partial charge in [-0.15, -0.1) is 0 Å². The van der Waals surface area contributed by atoms with Crippen molar-refractivity contribution in [3.05, 3.63) is 12.2 Å². The lowest BCUT2D eigenvalue weighted by Gasteiger charge is -2.26. The molecule has 0 spiro atoms. The zero-order chi connectivity index (χ0) is 8.77. The van der Waals surface area contributed by atoms with Crippen molar-refractivity contribution in [2.75, 3.05) is 6.61 Å². The molecule has 0 aliphatic heterocycles. The van der Waals surface area contributed by atoms with Gasteiger partial charge in [-0.3, -0.25) is 0 Å². The van der Waals surface area contributed by atoms with Gasteiger partial charge in [0, 0.05) is 18.4 Å².